The second kappa shape index (κ2) is 4.07. The Labute approximate surface area is 84.4 Å². The van der Waals surface area contributed by atoms with Crippen LogP contribution in [0.1, 0.15) is 11.4 Å². The average Bonchev–Trinajstić information content (AvgIpc) is 2.10. The topological polar surface area (TPSA) is 36.4 Å². The van der Waals surface area contributed by atoms with E-state index in [1.807, 2.05) is 19.1 Å². The molecule has 1 aromatic heterocycles. The van der Waals surface area contributed by atoms with Gasteiger partial charge in [0.2, 0.25) is 0 Å². The first kappa shape index (κ1) is 9.62. The lowest BCUT2D eigenvalue weighted by Crippen LogP contribution is -2.47. The van der Waals surface area contributed by atoms with Crippen molar-refractivity contribution in [3.8, 4) is 0 Å². The Hall–Kier alpha value is -0.930. The van der Waals surface area contributed by atoms with E-state index < -0.39 is 0 Å². The van der Waals surface area contributed by atoms with E-state index in [4.69, 9.17) is 5.11 Å². The van der Waals surface area contributed by atoms with Crippen molar-refractivity contribution < 1.29 is 5.11 Å². The molecule has 1 saturated heterocycles. The molecule has 0 radical (unpaired) electrons. The van der Waals surface area contributed by atoms with Crippen molar-refractivity contribution in [1.29, 1.82) is 0 Å². The highest BCUT2D eigenvalue weighted by atomic mass is 16.3. The number of aromatic nitrogens is 1. The highest BCUT2D eigenvalue weighted by Crippen LogP contribution is 2.16. The van der Waals surface area contributed by atoms with E-state index in [2.05, 4.69) is 16.0 Å². The summed E-state index contributed by atoms with van der Waals surface area (Å²) < 4.78 is 0. The molecule has 3 nitrogen and oxygen atoms in total. The fraction of sp³-hybridized carbons (Fsp3) is 0.545. The van der Waals surface area contributed by atoms with Crippen LogP contribution in [0.5, 0.6) is 0 Å². The molecule has 0 unspecified atom stereocenters. The van der Waals surface area contributed by atoms with Crippen molar-refractivity contribution in [2.45, 2.75) is 13.5 Å². The van der Waals surface area contributed by atoms with Crippen LogP contribution in [0, 0.1) is 12.8 Å². The number of rotatable bonds is 3. The molecule has 76 valence electrons. The Kier molecular flexibility index (Phi) is 2.79. The second-order valence-electron chi connectivity index (χ2n) is 4.01. The van der Waals surface area contributed by atoms with Crippen molar-refractivity contribution in [2.75, 3.05) is 19.7 Å². The fourth-order valence-corrected chi connectivity index (χ4v) is 1.84. The van der Waals surface area contributed by atoms with Gasteiger partial charge in [0.25, 0.3) is 0 Å². The van der Waals surface area contributed by atoms with Crippen LogP contribution >= 0.6 is 0 Å². The Morgan fingerprint density at radius 3 is 2.93 bits per heavy atom. The molecule has 1 aliphatic heterocycles. The lowest BCUT2D eigenvalue weighted by molar-refractivity contribution is 0.0469. The number of likely N-dealkylation sites (tertiary alicyclic amines) is 1. The quantitative estimate of drug-likeness (QED) is 0.770. The van der Waals surface area contributed by atoms with Gasteiger partial charge in [0, 0.05) is 37.9 Å². The molecule has 0 atom stereocenters. The summed E-state index contributed by atoms with van der Waals surface area (Å²) in [6.07, 6.45) is 0. The normalized spacial score (nSPS) is 18.1. The van der Waals surface area contributed by atoms with Gasteiger partial charge in [-0.05, 0) is 19.1 Å². The summed E-state index contributed by atoms with van der Waals surface area (Å²) in [5, 5.41) is 8.87. The minimum Gasteiger partial charge on any atom is -0.396 e. The van der Waals surface area contributed by atoms with E-state index in [-0.39, 0.29) is 0 Å². The number of hydrogen-bond acceptors (Lipinski definition) is 3. The molecule has 0 bridgehead atoms. The maximum absolute atomic E-state index is 8.87. The summed E-state index contributed by atoms with van der Waals surface area (Å²) in [6, 6.07) is 6.11. The lowest BCUT2D eigenvalue weighted by atomic mass is 10.0. The molecule has 14 heavy (non-hydrogen) atoms. The van der Waals surface area contributed by atoms with Crippen LogP contribution in [0.25, 0.3) is 0 Å². The zero-order valence-corrected chi connectivity index (χ0v) is 8.48. The zero-order valence-electron chi connectivity index (χ0n) is 8.48. The van der Waals surface area contributed by atoms with Crippen LogP contribution in [0.2, 0.25) is 0 Å². The van der Waals surface area contributed by atoms with Gasteiger partial charge >= 0.3 is 0 Å². The third-order valence-corrected chi connectivity index (χ3v) is 2.62. The fourth-order valence-electron chi connectivity index (χ4n) is 1.84. The molecule has 3 heteroatoms. The summed E-state index contributed by atoms with van der Waals surface area (Å²) in [5.74, 6) is 0.486. The minimum atomic E-state index is 0.317. The van der Waals surface area contributed by atoms with Gasteiger partial charge in [-0.3, -0.25) is 9.88 Å². The van der Waals surface area contributed by atoms with E-state index in [0.717, 1.165) is 31.0 Å². The smallest absolute Gasteiger partial charge is 0.0547 e. The molecule has 0 aliphatic carbocycles. The van der Waals surface area contributed by atoms with Gasteiger partial charge in [-0.15, -0.1) is 0 Å². The van der Waals surface area contributed by atoms with E-state index in [1.54, 1.807) is 0 Å². The maximum atomic E-state index is 8.87. The Balaban J connectivity index is 1.87. The molecular formula is C11H16N2O. The van der Waals surface area contributed by atoms with Crippen LogP contribution in [-0.4, -0.2) is 34.7 Å². The van der Waals surface area contributed by atoms with Crippen LogP contribution in [-0.2, 0) is 6.54 Å². The number of nitrogens with zero attached hydrogens (tertiary/aromatic N) is 2. The summed E-state index contributed by atoms with van der Waals surface area (Å²) in [4.78, 5) is 6.75. The molecule has 1 aromatic rings. The Bertz CT molecular complexity index is 308. The van der Waals surface area contributed by atoms with Gasteiger partial charge in [0.1, 0.15) is 0 Å². The highest BCUT2D eigenvalue weighted by molar-refractivity contribution is 5.10. The largest absolute Gasteiger partial charge is 0.396 e. The van der Waals surface area contributed by atoms with Crippen LogP contribution in [0.4, 0.5) is 0 Å². The van der Waals surface area contributed by atoms with Gasteiger partial charge < -0.3 is 5.11 Å². The van der Waals surface area contributed by atoms with E-state index >= 15 is 0 Å². The van der Waals surface area contributed by atoms with Crippen molar-refractivity contribution >= 4 is 0 Å². The molecule has 1 N–H and O–H groups in total. The number of aliphatic hydroxyl groups is 1. The zero-order chi connectivity index (χ0) is 9.97. The first-order valence-electron chi connectivity index (χ1n) is 5.03. The van der Waals surface area contributed by atoms with Crippen molar-refractivity contribution in [1.82, 2.24) is 9.88 Å². The Morgan fingerprint density at radius 1 is 1.50 bits per heavy atom. The second-order valence-corrected chi connectivity index (χ2v) is 4.01. The maximum Gasteiger partial charge on any atom is 0.0547 e. The first-order valence-corrected chi connectivity index (χ1v) is 5.03. The van der Waals surface area contributed by atoms with Crippen molar-refractivity contribution in [2.24, 2.45) is 5.92 Å². The Morgan fingerprint density at radius 2 is 2.29 bits per heavy atom. The van der Waals surface area contributed by atoms with E-state index in [9.17, 15) is 0 Å². The summed E-state index contributed by atoms with van der Waals surface area (Å²) in [7, 11) is 0. The minimum absolute atomic E-state index is 0.317. The van der Waals surface area contributed by atoms with Crippen molar-refractivity contribution in [3.63, 3.8) is 0 Å². The van der Waals surface area contributed by atoms with Crippen molar-refractivity contribution in [3.05, 3.63) is 29.6 Å². The van der Waals surface area contributed by atoms with Gasteiger partial charge in [-0.25, -0.2) is 0 Å². The third-order valence-electron chi connectivity index (χ3n) is 2.62. The molecule has 2 rings (SSSR count). The molecule has 0 aromatic carbocycles. The standard InChI is InChI=1S/C11H16N2O/c1-9-3-2-4-11(12-9)7-13-5-10(6-13)8-14/h2-4,10,14H,5-8H2,1H3. The summed E-state index contributed by atoms with van der Waals surface area (Å²) >= 11 is 0. The van der Waals surface area contributed by atoms with Crippen LogP contribution in [0.15, 0.2) is 18.2 Å². The summed E-state index contributed by atoms with van der Waals surface area (Å²) in [5.41, 5.74) is 2.20. The number of pyridine rings is 1. The SMILES string of the molecule is Cc1cccc(CN2CC(CO)C2)n1. The number of aliphatic hydroxyl groups excluding tert-OH is 1. The first-order chi connectivity index (χ1) is 6.78. The van der Waals surface area contributed by atoms with Crippen LogP contribution in [0.3, 0.4) is 0 Å². The molecule has 0 spiro atoms. The number of aryl methyl sites for hydroxylation is 1. The molecule has 0 amide bonds. The predicted molar refractivity (Wildman–Crippen MR) is 54.8 cm³/mol. The highest BCUT2D eigenvalue weighted by Gasteiger charge is 2.25. The molecule has 1 aliphatic rings. The van der Waals surface area contributed by atoms with E-state index in [1.165, 1.54) is 0 Å². The monoisotopic (exact) mass is 192 g/mol. The van der Waals surface area contributed by atoms with Gasteiger partial charge in [0.05, 0.1) is 5.69 Å². The average molecular weight is 192 g/mol. The third kappa shape index (κ3) is 2.11. The molecular weight excluding hydrogens is 176 g/mol. The molecule has 2 heterocycles. The summed E-state index contributed by atoms with van der Waals surface area (Å²) in [6.45, 7) is 5.25. The van der Waals surface area contributed by atoms with Gasteiger partial charge in [0.15, 0.2) is 0 Å². The van der Waals surface area contributed by atoms with E-state index in [0.29, 0.717) is 12.5 Å². The van der Waals surface area contributed by atoms with Gasteiger partial charge in [-0.1, -0.05) is 6.07 Å². The predicted octanol–water partition coefficient (Wildman–Crippen LogP) is 0.814. The molecule has 0 saturated carbocycles. The lowest BCUT2D eigenvalue weighted by Gasteiger charge is -2.37. The number of hydrogen-bond donors (Lipinski definition) is 1. The van der Waals surface area contributed by atoms with Crippen LogP contribution < -0.4 is 0 Å². The van der Waals surface area contributed by atoms with Gasteiger partial charge in [-0.2, -0.15) is 0 Å². The molecule has 1 fully saturated rings.